The number of hydrogen-bond acceptors (Lipinski definition) is 3. The second-order valence-corrected chi connectivity index (χ2v) is 3.62. The molecular formula is C8H13N3O2. The van der Waals surface area contributed by atoms with Gasteiger partial charge in [0, 0.05) is 11.5 Å². The Morgan fingerprint density at radius 1 is 1.46 bits per heavy atom. The van der Waals surface area contributed by atoms with Crippen molar-refractivity contribution in [3.05, 3.63) is 10.4 Å². The van der Waals surface area contributed by atoms with Gasteiger partial charge in [0.25, 0.3) is 0 Å². The fraction of sp³-hybridized carbons (Fsp3) is 1.00. The SMILES string of the molecule is [N-]=[N+]=NC1COCC1OCC1CC1. The van der Waals surface area contributed by atoms with Gasteiger partial charge in [0.1, 0.15) is 0 Å². The molecule has 2 unspecified atom stereocenters. The Kier molecular flexibility index (Phi) is 2.68. The zero-order valence-corrected chi connectivity index (χ0v) is 7.43. The van der Waals surface area contributed by atoms with Crippen LogP contribution >= 0.6 is 0 Å². The summed E-state index contributed by atoms with van der Waals surface area (Å²) in [6, 6.07) is -0.122. The van der Waals surface area contributed by atoms with Gasteiger partial charge in [0.05, 0.1) is 25.4 Å². The van der Waals surface area contributed by atoms with Gasteiger partial charge in [-0.25, -0.2) is 0 Å². The van der Waals surface area contributed by atoms with Crippen molar-refractivity contribution in [2.24, 2.45) is 11.0 Å². The van der Waals surface area contributed by atoms with Crippen LogP contribution in [0.1, 0.15) is 12.8 Å². The first kappa shape index (κ1) is 8.81. The molecule has 0 aromatic heterocycles. The summed E-state index contributed by atoms with van der Waals surface area (Å²) < 4.78 is 10.8. The van der Waals surface area contributed by atoms with Gasteiger partial charge in [0.15, 0.2) is 0 Å². The van der Waals surface area contributed by atoms with Gasteiger partial charge in [-0.1, -0.05) is 5.11 Å². The Bertz CT molecular complexity index is 223. The molecule has 1 saturated heterocycles. The zero-order valence-electron chi connectivity index (χ0n) is 7.43. The topological polar surface area (TPSA) is 67.2 Å². The van der Waals surface area contributed by atoms with E-state index in [2.05, 4.69) is 10.0 Å². The minimum absolute atomic E-state index is 0.0171. The van der Waals surface area contributed by atoms with E-state index in [1.165, 1.54) is 12.8 Å². The lowest BCUT2D eigenvalue weighted by molar-refractivity contribution is 0.0316. The predicted octanol–water partition coefficient (Wildman–Crippen LogP) is 1.49. The maximum atomic E-state index is 8.28. The monoisotopic (exact) mass is 183 g/mol. The highest BCUT2D eigenvalue weighted by molar-refractivity contribution is 4.83. The molecule has 0 bridgehead atoms. The van der Waals surface area contributed by atoms with E-state index in [0.29, 0.717) is 13.2 Å². The summed E-state index contributed by atoms with van der Waals surface area (Å²) in [5.41, 5.74) is 8.28. The number of azide groups is 1. The molecule has 0 N–H and O–H groups in total. The van der Waals surface area contributed by atoms with Crippen molar-refractivity contribution >= 4 is 0 Å². The second kappa shape index (κ2) is 3.96. The van der Waals surface area contributed by atoms with Crippen LogP contribution in [-0.4, -0.2) is 32.0 Å². The molecule has 1 saturated carbocycles. The van der Waals surface area contributed by atoms with Crippen LogP contribution in [0.4, 0.5) is 0 Å². The predicted molar refractivity (Wildman–Crippen MR) is 46.2 cm³/mol. The Hall–Kier alpha value is -0.770. The molecule has 0 radical (unpaired) electrons. The van der Waals surface area contributed by atoms with Crippen molar-refractivity contribution in [3.63, 3.8) is 0 Å². The number of nitrogens with zero attached hydrogens (tertiary/aromatic N) is 3. The van der Waals surface area contributed by atoms with E-state index in [-0.39, 0.29) is 12.1 Å². The van der Waals surface area contributed by atoms with Crippen molar-refractivity contribution < 1.29 is 9.47 Å². The smallest absolute Gasteiger partial charge is 0.0915 e. The van der Waals surface area contributed by atoms with Crippen LogP contribution in [0.2, 0.25) is 0 Å². The van der Waals surface area contributed by atoms with E-state index in [1.54, 1.807) is 0 Å². The molecule has 1 heterocycles. The fourth-order valence-electron chi connectivity index (χ4n) is 1.40. The molecule has 0 spiro atoms. The van der Waals surface area contributed by atoms with E-state index in [0.717, 1.165) is 12.5 Å². The van der Waals surface area contributed by atoms with Gasteiger partial charge < -0.3 is 9.47 Å². The summed E-state index contributed by atoms with van der Waals surface area (Å²) in [5.74, 6) is 0.743. The third kappa shape index (κ3) is 2.34. The Balaban J connectivity index is 1.78. The summed E-state index contributed by atoms with van der Waals surface area (Å²) in [7, 11) is 0. The number of ether oxygens (including phenoxy) is 2. The highest BCUT2D eigenvalue weighted by Crippen LogP contribution is 2.30. The number of rotatable bonds is 4. The van der Waals surface area contributed by atoms with Crippen LogP contribution in [0.3, 0.4) is 0 Å². The molecule has 0 aromatic rings. The quantitative estimate of drug-likeness (QED) is 0.376. The summed E-state index contributed by atoms with van der Waals surface area (Å²) >= 11 is 0. The molecule has 5 heteroatoms. The lowest BCUT2D eigenvalue weighted by atomic mass is 10.2. The van der Waals surface area contributed by atoms with Crippen LogP contribution in [0, 0.1) is 5.92 Å². The first-order chi connectivity index (χ1) is 6.40. The Morgan fingerprint density at radius 3 is 3.00 bits per heavy atom. The lowest BCUT2D eigenvalue weighted by Crippen LogP contribution is -2.26. The van der Waals surface area contributed by atoms with Crippen LogP contribution in [-0.2, 0) is 9.47 Å². The lowest BCUT2D eigenvalue weighted by Gasteiger charge is -2.13. The normalized spacial score (nSPS) is 32.9. The summed E-state index contributed by atoms with van der Waals surface area (Å²) in [6.07, 6.45) is 2.54. The van der Waals surface area contributed by atoms with Gasteiger partial charge in [-0.2, -0.15) is 0 Å². The fourth-order valence-corrected chi connectivity index (χ4v) is 1.40. The van der Waals surface area contributed by atoms with Crippen LogP contribution < -0.4 is 0 Å². The van der Waals surface area contributed by atoms with E-state index in [4.69, 9.17) is 15.0 Å². The molecule has 2 aliphatic rings. The van der Waals surface area contributed by atoms with E-state index < -0.39 is 0 Å². The third-order valence-electron chi connectivity index (χ3n) is 2.44. The molecule has 2 rings (SSSR count). The maximum Gasteiger partial charge on any atom is 0.0915 e. The molecule has 1 aliphatic heterocycles. The number of hydrogen-bond donors (Lipinski definition) is 0. The minimum atomic E-state index is -0.122. The summed E-state index contributed by atoms with van der Waals surface area (Å²) in [5, 5.41) is 3.63. The molecule has 2 atom stereocenters. The third-order valence-corrected chi connectivity index (χ3v) is 2.44. The van der Waals surface area contributed by atoms with Crippen molar-refractivity contribution in [1.82, 2.24) is 0 Å². The van der Waals surface area contributed by atoms with Gasteiger partial charge in [-0.15, -0.1) is 0 Å². The minimum Gasteiger partial charge on any atom is -0.378 e. The van der Waals surface area contributed by atoms with E-state index >= 15 is 0 Å². The Morgan fingerprint density at radius 2 is 2.31 bits per heavy atom. The summed E-state index contributed by atoms with van der Waals surface area (Å²) in [6.45, 7) is 1.86. The second-order valence-electron chi connectivity index (χ2n) is 3.62. The molecule has 13 heavy (non-hydrogen) atoms. The van der Waals surface area contributed by atoms with E-state index in [1.807, 2.05) is 0 Å². The Labute approximate surface area is 76.6 Å². The zero-order chi connectivity index (χ0) is 9.10. The maximum absolute atomic E-state index is 8.28. The molecule has 1 aliphatic carbocycles. The van der Waals surface area contributed by atoms with Crippen molar-refractivity contribution in [1.29, 1.82) is 0 Å². The van der Waals surface area contributed by atoms with Gasteiger partial charge in [-0.3, -0.25) is 0 Å². The molecule has 72 valence electrons. The first-order valence-corrected chi connectivity index (χ1v) is 4.63. The molecule has 0 amide bonds. The molecule has 2 fully saturated rings. The summed E-state index contributed by atoms with van der Waals surface area (Å²) in [4.78, 5) is 2.78. The highest BCUT2D eigenvalue weighted by atomic mass is 16.5. The van der Waals surface area contributed by atoms with Gasteiger partial charge in [-0.05, 0) is 24.3 Å². The molecular weight excluding hydrogens is 170 g/mol. The average Bonchev–Trinajstić information content (AvgIpc) is 2.86. The van der Waals surface area contributed by atoms with Crippen molar-refractivity contribution in [2.75, 3.05) is 19.8 Å². The highest BCUT2D eigenvalue weighted by Gasteiger charge is 2.30. The van der Waals surface area contributed by atoms with Crippen molar-refractivity contribution in [2.45, 2.75) is 25.0 Å². The molecule has 0 aromatic carbocycles. The van der Waals surface area contributed by atoms with Crippen molar-refractivity contribution in [3.8, 4) is 0 Å². The van der Waals surface area contributed by atoms with Gasteiger partial charge >= 0.3 is 0 Å². The first-order valence-electron chi connectivity index (χ1n) is 4.63. The molecule has 5 nitrogen and oxygen atoms in total. The van der Waals surface area contributed by atoms with Crippen LogP contribution in [0.15, 0.2) is 5.11 Å². The van der Waals surface area contributed by atoms with Gasteiger partial charge in [0.2, 0.25) is 0 Å². The average molecular weight is 183 g/mol. The largest absolute Gasteiger partial charge is 0.378 e. The van der Waals surface area contributed by atoms with E-state index in [9.17, 15) is 0 Å². The van der Waals surface area contributed by atoms with Crippen LogP contribution in [0.25, 0.3) is 10.4 Å². The van der Waals surface area contributed by atoms with Crippen LogP contribution in [0.5, 0.6) is 0 Å². The standard InChI is InChI=1S/C8H13N3O2/c9-11-10-7-4-12-5-8(7)13-3-6-1-2-6/h6-8H,1-5H2.